The van der Waals surface area contributed by atoms with Crippen LogP contribution in [0.15, 0.2) is 48.5 Å². The maximum atomic E-state index is 12.3. The van der Waals surface area contributed by atoms with E-state index in [1.165, 1.54) is 44.5 Å². The Morgan fingerprint density at radius 3 is 2.36 bits per heavy atom. The number of anilines is 1. The molecule has 0 radical (unpaired) electrons. The molecule has 0 saturated carbocycles. The van der Waals surface area contributed by atoms with Gasteiger partial charge in [-0.2, -0.15) is 0 Å². The van der Waals surface area contributed by atoms with Crippen molar-refractivity contribution >= 4 is 11.6 Å². The zero-order valence-corrected chi connectivity index (χ0v) is 14.8. The molecule has 0 unspecified atom stereocenters. The molecule has 1 amide bonds. The Morgan fingerprint density at radius 2 is 1.72 bits per heavy atom. The van der Waals surface area contributed by atoms with Crippen LogP contribution >= 0.6 is 0 Å². The van der Waals surface area contributed by atoms with Crippen molar-refractivity contribution in [2.24, 2.45) is 0 Å². The summed E-state index contributed by atoms with van der Waals surface area (Å²) in [7, 11) is 1.61. The van der Waals surface area contributed by atoms with Gasteiger partial charge in [-0.05, 0) is 87.3 Å². The van der Waals surface area contributed by atoms with Crippen molar-refractivity contribution in [1.82, 2.24) is 4.90 Å². The number of likely N-dealkylation sites (tertiary alicyclic amines) is 1. The van der Waals surface area contributed by atoms with Crippen molar-refractivity contribution in [3.05, 3.63) is 59.7 Å². The van der Waals surface area contributed by atoms with Crippen LogP contribution in [0.3, 0.4) is 0 Å². The molecule has 1 N–H and O–H groups in total. The van der Waals surface area contributed by atoms with Crippen LogP contribution in [0.5, 0.6) is 5.75 Å². The number of nitrogens with one attached hydrogen (secondary N) is 1. The van der Waals surface area contributed by atoms with Crippen LogP contribution in [0.2, 0.25) is 0 Å². The zero-order valence-electron chi connectivity index (χ0n) is 14.8. The molecule has 4 heteroatoms. The van der Waals surface area contributed by atoms with E-state index in [0.717, 1.165) is 17.9 Å². The summed E-state index contributed by atoms with van der Waals surface area (Å²) >= 11 is 0. The highest BCUT2D eigenvalue weighted by atomic mass is 16.5. The summed E-state index contributed by atoms with van der Waals surface area (Å²) in [6, 6.07) is 15.3. The van der Waals surface area contributed by atoms with E-state index in [1.807, 2.05) is 12.1 Å². The van der Waals surface area contributed by atoms with Crippen LogP contribution in [0, 0.1) is 0 Å². The van der Waals surface area contributed by atoms with E-state index in [9.17, 15) is 4.79 Å². The monoisotopic (exact) mass is 338 g/mol. The van der Waals surface area contributed by atoms with Crippen molar-refractivity contribution in [2.75, 3.05) is 32.1 Å². The Morgan fingerprint density at radius 1 is 1.04 bits per heavy atom. The molecule has 3 rings (SSSR count). The Labute approximate surface area is 149 Å². The van der Waals surface area contributed by atoms with Gasteiger partial charge in [0.05, 0.1) is 7.11 Å². The molecule has 0 spiro atoms. The van der Waals surface area contributed by atoms with Crippen LogP contribution in [0.1, 0.15) is 35.2 Å². The summed E-state index contributed by atoms with van der Waals surface area (Å²) in [5, 5.41) is 2.94. The fourth-order valence-corrected chi connectivity index (χ4v) is 3.21. The number of hydrogen-bond acceptors (Lipinski definition) is 3. The molecule has 2 aromatic rings. The van der Waals surface area contributed by atoms with Crippen LogP contribution in [0.25, 0.3) is 0 Å². The van der Waals surface area contributed by atoms with Gasteiger partial charge >= 0.3 is 0 Å². The maximum absolute atomic E-state index is 12.3. The summed E-state index contributed by atoms with van der Waals surface area (Å²) in [6.45, 7) is 3.71. The van der Waals surface area contributed by atoms with Gasteiger partial charge in [-0.1, -0.05) is 12.1 Å². The second kappa shape index (κ2) is 8.67. The Hall–Kier alpha value is -2.33. The van der Waals surface area contributed by atoms with Crippen LogP contribution in [-0.4, -0.2) is 37.6 Å². The first-order valence-electron chi connectivity index (χ1n) is 9.01. The Kier molecular flexibility index (Phi) is 6.07. The van der Waals surface area contributed by atoms with Crippen molar-refractivity contribution in [3.8, 4) is 5.75 Å². The predicted octanol–water partition coefficient (Wildman–Crippen LogP) is 3.98. The summed E-state index contributed by atoms with van der Waals surface area (Å²) in [5.74, 6) is 0.638. The molecule has 1 aliphatic heterocycles. The van der Waals surface area contributed by atoms with Crippen molar-refractivity contribution < 1.29 is 9.53 Å². The summed E-state index contributed by atoms with van der Waals surface area (Å²) < 4.78 is 5.11. The van der Waals surface area contributed by atoms with Gasteiger partial charge in [-0.25, -0.2) is 0 Å². The van der Waals surface area contributed by atoms with E-state index in [4.69, 9.17) is 4.74 Å². The fourth-order valence-electron chi connectivity index (χ4n) is 3.21. The largest absolute Gasteiger partial charge is 0.497 e. The van der Waals surface area contributed by atoms with Gasteiger partial charge < -0.3 is 15.0 Å². The number of methoxy groups -OCH3 is 1. The van der Waals surface area contributed by atoms with E-state index in [1.54, 1.807) is 31.4 Å². The average Bonchev–Trinajstić information content (AvgIpc) is 3.17. The minimum absolute atomic E-state index is 0.107. The number of benzene rings is 2. The Bertz CT molecular complexity index is 674. The number of carbonyl (C=O) groups excluding carboxylic acids is 1. The number of carbonyl (C=O) groups is 1. The van der Waals surface area contributed by atoms with Gasteiger partial charge in [-0.15, -0.1) is 0 Å². The van der Waals surface area contributed by atoms with E-state index in [2.05, 4.69) is 22.3 Å². The maximum Gasteiger partial charge on any atom is 0.255 e. The molecule has 0 bridgehead atoms. The summed E-state index contributed by atoms with van der Waals surface area (Å²) in [6.07, 6.45) is 4.98. The molecule has 0 aromatic heterocycles. The fraction of sp³-hybridized carbons (Fsp3) is 0.381. The van der Waals surface area contributed by atoms with Gasteiger partial charge in [0.1, 0.15) is 5.75 Å². The van der Waals surface area contributed by atoms with Crippen molar-refractivity contribution in [2.45, 2.75) is 25.7 Å². The van der Waals surface area contributed by atoms with Crippen molar-refractivity contribution in [3.63, 3.8) is 0 Å². The number of ether oxygens (including phenoxy) is 1. The van der Waals surface area contributed by atoms with Gasteiger partial charge in [-0.3, -0.25) is 4.79 Å². The molecule has 1 fully saturated rings. The normalized spacial score (nSPS) is 14.4. The lowest BCUT2D eigenvalue weighted by molar-refractivity contribution is 0.102. The van der Waals surface area contributed by atoms with Gasteiger partial charge in [0.2, 0.25) is 0 Å². The lowest BCUT2D eigenvalue weighted by Gasteiger charge is -2.14. The van der Waals surface area contributed by atoms with E-state index >= 15 is 0 Å². The average molecular weight is 338 g/mol. The second-order valence-electron chi connectivity index (χ2n) is 6.53. The lowest BCUT2D eigenvalue weighted by atomic mass is 10.1. The standard InChI is InChI=1S/C21H26N2O2/c1-25-20-12-8-18(9-13-20)21(24)22-19-10-6-17(7-11-19)5-4-16-23-14-2-3-15-23/h6-13H,2-5,14-16H2,1H3,(H,22,24). The number of nitrogens with zero attached hydrogens (tertiary/aromatic N) is 1. The predicted molar refractivity (Wildman–Crippen MR) is 101 cm³/mol. The number of hydrogen-bond donors (Lipinski definition) is 1. The first kappa shape index (κ1) is 17.5. The van der Waals surface area contributed by atoms with Crippen molar-refractivity contribution in [1.29, 1.82) is 0 Å². The van der Waals surface area contributed by atoms with Crippen LogP contribution in [0.4, 0.5) is 5.69 Å². The Balaban J connectivity index is 1.48. The topological polar surface area (TPSA) is 41.6 Å². The molecule has 4 nitrogen and oxygen atoms in total. The third-order valence-corrected chi connectivity index (χ3v) is 4.70. The quantitative estimate of drug-likeness (QED) is 0.830. The third kappa shape index (κ3) is 5.07. The smallest absolute Gasteiger partial charge is 0.255 e. The zero-order chi connectivity index (χ0) is 17.5. The molecular formula is C21H26N2O2. The summed E-state index contributed by atoms with van der Waals surface area (Å²) in [4.78, 5) is 14.8. The van der Waals surface area contributed by atoms with Gasteiger partial charge in [0.25, 0.3) is 5.91 Å². The highest BCUT2D eigenvalue weighted by Crippen LogP contribution is 2.16. The molecule has 132 valence electrons. The molecule has 1 aliphatic rings. The summed E-state index contributed by atoms with van der Waals surface area (Å²) in [5.41, 5.74) is 2.77. The molecule has 0 atom stereocenters. The van der Waals surface area contributed by atoms with E-state index in [-0.39, 0.29) is 5.91 Å². The number of aryl methyl sites for hydroxylation is 1. The molecule has 2 aromatic carbocycles. The van der Waals surface area contributed by atoms with Crippen LogP contribution < -0.4 is 10.1 Å². The third-order valence-electron chi connectivity index (χ3n) is 4.70. The highest BCUT2D eigenvalue weighted by Gasteiger charge is 2.10. The number of rotatable bonds is 7. The first-order chi connectivity index (χ1) is 12.2. The second-order valence-corrected chi connectivity index (χ2v) is 6.53. The molecule has 25 heavy (non-hydrogen) atoms. The first-order valence-corrected chi connectivity index (χ1v) is 9.01. The SMILES string of the molecule is COc1ccc(C(=O)Nc2ccc(CCCN3CCCC3)cc2)cc1. The minimum Gasteiger partial charge on any atom is -0.497 e. The lowest BCUT2D eigenvalue weighted by Crippen LogP contribution is -2.20. The van der Waals surface area contributed by atoms with E-state index < -0.39 is 0 Å². The molecule has 0 aliphatic carbocycles. The van der Waals surface area contributed by atoms with E-state index in [0.29, 0.717) is 5.56 Å². The molecule has 1 saturated heterocycles. The molecular weight excluding hydrogens is 312 g/mol. The van der Waals surface area contributed by atoms with Crippen LogP contribution in [-0.2, 0) is 6.42 Å². The highest BCUT2D eigenvalue weighted by molar-refractivity contribution is 6.04. The minimum atomic E-state index is -0.107. The van der Waals surface area contributed by atoms with Gasteiger partial charge in [0.15, 0.2) is 0 Å². The number of amides is 1. The molecule has 1 heterocycles. The van der Waals surface area contributed by atoms with Gasteiger partial charge in [0, 0.05) is 11.3 Å².